The van der Waals surface area contributed by atoms with E-state index < -0.39 is 35.9 Å². The van der Waals surface area contributed by atoms with Crippen LogP contribution in [0.4, 0.5) is 10.5 Å². The molecule has 2 heterocycles. The molecule has 12 nitrogen and oxygen atoms in total. The van der Waals surface area contributed by atoms with E-state index in [1.54, 1.807) is 45.2 Å². The lowest BCUT2D eigenvalue weighted by atomic mass is 10.0. The number of unbranched alkanes of at least 4 members (excludes halogenated alkanes) is 5. The van der Waals surface area contributed by atoms with Crippen LogP contribution in [0.3, 0.4) is 0 Å². The number of Topliss-reactive ketones (excluding diaryl/α,β-unsaturated/α-hetero) is 1. The van der Waals surface area contributed by atoms with Gasteiger partial charge in [-0.05, 0) is 44.0 Å². The van der Waals surface area contributed by atoms with Crippen molar-refractivity contribution >= 4 is 46.8 Å². The van der Waals surface area contributed by atoms with E-state index in [0.29, 0.717) is 22.7 Å². The number of amides is 5. The molecule has 0 saturated carbocycles. The van der Waals surface area contributed by atoms with Crippen LogP contribution in [0.2, 0.25) is 5.02 Å². The fourth-order valence-corrected chi connectivity index (χ4v) is 5.81. The van der Waals surface area contributed by atoms with Gasteiger partial charge in [0.25, 0.3) is 17.7 Å². The van der Waals surface area contributed by atoms with Crippen molar-refractivity contribution in [3.8, 4) is 0 Å². The maximum atomic E-state index is 14.0. The smallest absolute Gasteiger partial charge is 0.330 e. The molecule has 1 fully saturated rings. The van der Waals surface area contributed by atoms with Gasteiger partial charge in [-0.2, -0.15) is 5.10 Å². The highest BCUT2D eigenvalue weighted by Crippen LogP contribution is 2.28. The summed E-state index contributed by atoms with van der Waals surface area (Å²) in [6.45, 7) is 6.07. The first-order valence-corrected chi connectivity index (χ1v) is 16.7. The minimum absolute atomic E-state index is 0.00917. The Balaban J connectivity index is 1.57. The second kappa shape index (κ2) is 17.0. The van der Waals surface area contributed by atoms with Crippen molar-refractivity contribution in [2.75, 3.05) is 18.5 Å². The minimum atomic E-state index is -1.91. The standard InChI is InChI=1S/C35H43ClN6O6/c1-5-7-8-9-10-14-19-37-31(44)25-17-18-28(27(36)20-25)38-32(45)29(30(43)26-22-40(4)39-23(26)3)42-33(46)34(48-6-2)41(35(42)47)21-24-15-12-11-13-16-24/h11-13,15-18,20,22,29,34H,5-10,14,19,21H2,1-4H3,(H,37,44)(H,38,45). The number of nitrogens with one attached hydrogen (secondary N) is 2. The molecule has 5 amide bonds. The van der Waals surface area contributed by atoms with Gasteiger partial charge in [-0.1, -0.05) is 81.0 Å². The van der Waals surface area contributed by atoms with Gasteiger partial charge in [0, 0.05) is 32.0 Å². The van der Waals surface area contributed by atoms with Gasteiger partial charge in [0.15, 0.2) is 11.8 Å². The lowest BCUT2D eigenvalue weighted by molar-refractivity contribution is -0.144. The topological polar surface area (TPSA) is 143 Å². The zero-order chi connectivity index (χ0) is 34.8. The number of halogens is 1. The summed E-state index contributed by atoms with van der Waals surface area (Å²) in [7, 11) is 1.61. The van der Waals surface area contributed by atoms with Gasteiger partial charge < -0.3 is 15.4 Å². The van der Waals surface area contributed by atoms with Crippen LogP contribution in [-0.2, 0) is 27.9 Å². The number of imide groups is 1. The van der Waals surface area contributed by atoms with Crippen LogP contribution >= 0.6 is 11.6 Å². The highest BCUT2D eigenvalue weighted by atomic mass is 35.5. The van der Waals surface area contributed by atoms with E-state index in [1.165, 1.54) is 53.2 Å². The number of ketones is 1. The third-order valence-electron chi connectivity index (χ3n) is 8.04. The number of aromatic nitrogens is 2. The number of carbonyl (C=O) groups excluding carboxylic acids is 5. The monoisotopic (exact) mass is 678 g/mol. The lowest BCUT2D eigenvalue weighted by Gasteiger charge is -2.24. The first-order valence-electron chi connectivity index (χ1n) is 16.3. The number of carbonyl (C=O) groups is 5. The maximum Gasteiger partial charge on any atom is 0.330 e. The molecule has 13 heteroatoms. The number of rotatable bonds is 17. The number of aryl methyl sites for hydroxylation is 2. The summed E-state index contributed by atoms with van der Waals surface area (Å²) in [6.07, 6.45) is 6.66. The number of benzene rings is 2. The van der Waals surface area contributed by atoms with E-state index in [-0.39, 0.29) is 35.3 Å². The number of ether oxygens (including phenoxy) is 1. The number of hydrogen-bond donors (Lipinski definition) is 2. The van der Waals surface area contributed by atoms with Gasteiger partial charge in [0.1, 0.15) is 0 Å². The number of anilines is 1. The summed E-state index contributed by atoms with van der Waals surface area (Å²) in [6, 6.07) is 10.6. The third-order valence-corrected chi connectivity index (χ3v) is 8.36. The Morgan fingerprint density at radius 2 is 1.71 bits per heavy atom. The zero-order valence-electron chi connectivity index (χ0n) is 27.8. The van der Waals surface area contributed by atoms with E-state index in [1.807, 2.05) is 6.07 Å². The summed E-state index contributed by atoms with van der Waals surface area (Å²) >= 11 is 6.51. The molecule has 2 aromatic carbocycles. The molecular weight excluding hydrogens is 636 g/mol. The van der Waals surface area contributed by atoms with Crippen LogP contribution in [0.25, 0.3) is 0 Å². The first-order chi connectivity index (χ1) is 23.1. The maximum absolute atomic E-state index is 14.0. The molecule has 1 aromatic heterocycles. The van der Waals surface area contributed by atoms with Crippen molar-refractivity contribution in [3.63, 3.8) is 0 Å². The molecule has 1 aliphatic heterocycles. The predicted molar refractivity (Wildman–Crippen MR) is 181 cm³/mol. The first kappa shape index (κ1) is 36.3. The minimum Gasteiger partial charge on any atom is -0.352 e. The molecule has 256 valence electrons. The fourth-order valence-electron chi connectivity index (χ4n) is 5.58. The van der Waals surface area contributed by atoms with Crippen molar-refractivity contribution in [2.24, 2.45) is 7.05 Å². The number of hydrogen-bond acceptors (Lipinski definition) is 7. The molecule has 1 aliphatic rings. The van der Waals surface area contributed by atoms with Crippen molar-refractivity contribution in [1.82, 2.24) is 24.9 Å². The molecule has 4 rings (SSSR count). The molecule has 0 aliphatic carbocycles. The van der Waals surface area contributed by atoms with Crippen molar-refractivity contribution < 1.29 is 28.7 Å². The molecule has 1 saturated heterocycles. The fraction of sp³-hybridized carbons (Fsp3) is 0.429. The Labute approximate surface area is 285 Å². The van der Waals surface area contributed by atoms with Crippen LogP contribution in [0.15, 0.2) is 54.7 Å². The van der Waals surface area contributed by atoms with Crippen molar-refractivity contribution in [2.45, 2.75) is 78.1 Å². The quantitative estimate of drug-likeness (QED) is 0.0832. The molecule has 0 bridgehead atoms. The number of urea groups is 1. The third kappa shape index (κ3) is 8.67. The summed E-state index contributed by atoms with van der Waals surface area (Å²) in [5, 5.41) is 9.73. The average Bonchev–Trinajstić information content (AvgIpc) is 3.52. The second-order valence-corrected chi connectivity index (χ2v) is 12.1. The summed E-state index contributed by atoms with van der Waals surface area (Å²) < 4.78 is 7.07. The van der Waals surface area contributed by atoms with E-state index in [0.717, 1.165) is 24.8 Å². The van der Waals surface area contributed by atoms with Gasteiger partial charge in [-0.3, -0.25) is 28.8 Å². The SMILES string of the molecule is CCCCCCCCNC(=O)c1ccc(NC(=O)C(C(=O)c2cn(C)nc2C)N2C(=O)C(OCC)N(Cc3ccccc3)C2=O)c(Cl)c1. The van der Waals surface area contributed by atoms with Crippen molar-refractivity contribution in [3.05, 3.63) is 82.1 Å². The molecule has 0 radical (unpaired) electrons. The Bertz CT molecular complexity index is 1630. The Morgan fingerprint density at radius 1 is 1.00 bits per heavy atom. The second-order valence-electron chi connectivity index (χ2n) is 11.7. The normalized spacial score (nSPS) is 15.1. The van der Waals surface area contributed by atoms with E-state index in [2.05, 4.69) is 22.7 Å². The Hall–Kier alpha value is -4.55. The van der Waals surface area contributed by atoms with Gasteiger partial charge in [-0.15, -0.1) is 0 Å². The molecule has 48 heavy (non-hydrogen) atoms. The summed E-state index contributed by atoms with van der Waals surface area (Å²) in [5.41, 5.74) is 1.50. The van der Waals surface area contributed by atoms with E-state index in [4.69, 9.17) is 16.3 Å². The van der Waals surface area contributed by atoms with Gasteiger partial charge >= 0.3 is 6.03 Å². The molecule has 0 spiro atoms. The Morgan fingerprint density at radius 3 is 2.35 bits per heavy atom. The zero-order valence-corrected chi connectivity index (χ0v) is 28.6. The molecular formula is C35H43ClN6O6. The van der Waals surface area contributed by atoms with Crippen LogP contribution < -0.4 is 10.6 Å². The largest absolute Gasteiger partial charge is 0.352 e. The Kier molecular flexibility index (Phi) is 12.9. The van der Waals surface area contributed by atoms with E-state index in [9.17, 15) is 24.0 Å². The number of nitrogens with zero attached hydrogens (tertiary/aromatic N) is 4. The lowest BCUT2D eigenvalue weighted by Crippen LogP contribution is -2.52. The van der Waals surface area contributed by atoms with Gasteiger partial charge in [0.05, 0.1) is 28.5 Å². The highest BCUT2D eigenvalue weighted by Gasteiger charge is 2.53. The van der Waals surface area contributed by atoms with Crippen LogP contribution in [0, 0.1) is 6.92 Å². The van der Waals surface area contributed by atoms with Crippen LogP contribution in [0.5, 0.6) is 0 Å². The van der Waals surface area contributed by atoms with Gasteiger partial charge in [0.2, 0.25) is 6.23 Å². The van der Waals surface area contributed by atoms with Gasteiger partial charge in [-0.25, -0.2) is 9.69 Å². The molecule has 2 unspecified atom stereocenters. The molecule has 3 aromatic rings. The molecule has 2 N–H and O–H groups in total. The van der Waals surface area contributed by atoms with Crippen LogP contribution in [0.1, 0.15) is 84.3 Å². The van der Waals surface area contributed by atoms with Crippen LogP contribution in [-0.4, -0.2) is 74.5 Å². The summed E-state index contributed by atoms with van der Waals surface area (Å²) in [4.78, 5) is 70.3. The van der Waals surface area contributed by atoms with Crippen molar-refractivity contribution in [1.29, 1.82) is 0 Å². The average molecular weight is 679 g/mol. The highest BCUT2D eigenvalue weighted by molar-refractivity contribution is 6.34. The predicted octanol–water partition coefficient (Wildman–Crippen LogP) is 5.49. The molecule has 2 atom stereocenters. The summed E-state index contributed by atoms with van der Waals surface area (Å²) in [5.74, 6) is -2.93. The van der Waals surface area contributed by atoms with E-state index >= 15 is 0 Å².